The maximum Gasteiger partial charge on any atom is 0.213 e. The fourth-order valence-corrected chi connectivity index (χ4v) is 2.68. The second kappa shape index (κ2) is 6.62. The van der Waals surface area contributed by atoms with Gasteiger partial charge in [0, 0.05) is 41.0 Å². The van der Waals surface area contributed by atoms with Gasteiger partial charge in [-0.25, -0.2) is 9.97 Å². The number of ether oxygens (including phenoxy) is 1. The van der Waals surface area contributed by atoms with Crippen LogP contribution in [0.2, 0.25) is 5.02 Å². The number of nitrogens with zero attached hydrogens (tertiary/aromatic N) is 2. The minimum absolute atomic E-state index is 0.112. The van der Waals surface area contributed by atoms with Crippen LogP contribution < -0.4 is 4.74 Å². The Labute approximate surface area is 134 Å². The molecular formula is C17H16ClN3O. The largest absolute Gasteiger partial charge is 0.481 e. The third-order valence-electron chi connectivity index (χ3n) is 3.55. The molecule has 2 aromatic heterocycles. The molecule has 0 aliphatic heterocycles. The van der Waals surface area contributed by atoms with Gasteiger partial charge in [0.05, 0.1) is 13.4 Å². The standard InChI is InChI=1S/C17H16ClN3O/c1-22-17-7-3-6-14(21-17)9-15(16-10-19-11-20-16)12-4-2-5-13(18)8-12/h2-8,10-11,15H,9H2,1H3,(H,19,20)/t15-/m0/s1. The van der Waals surface area contributed by atoms with Crippen LogP contribution in [-0.2, 0) is 6.42 Å². The molecule has 0 saturated carbocycles. The molecule has 0 spiro atoms. The van der Waals surface area contributed by atoms with Crippen molar-refractivity contribution in [2.75, 3.05) is 7.11 Å². The van der Waals surface area contributed by atoms with E-state index in [1.807, 2.05) is 42.6 Å². The van der Waals surface area contributed by atoms with Gasteiger partial charge in [-0.3, -0.25) is 0 Å². The first-order valence-corrected chi connectivity index (χ1v) is 7.37. The van der Waals surface area contributed by atoms with E-state index in [-0.39, 0.29) is 5.92 Å². The number of benzene rings is 1. The number of aromatic nitrogens is 3. The summed E-state index contributed by atoms with van der Waals surface area (Å²) in [5, 5.41) is 0.723. The number of halogens is 1. The van der Waals surface area contributed by atoms with E-state index in [9.17, 15) is 0 Å². The van der Waals surface area contributed by atoms with Crippen LogP contribution in [-0.4, -0.2) is 22.1 Å². The van der Waals surface area contributed by atoms with Crippen molar-refractivity contribution in [2.24, 2.45) is 0 Å². The third kappa shape index (κ3) is 3.28. The van der Waals surface area contributed by atoms with Crippen LogP contribution in [0.5, 0.6) is 5.88 Å². The number of imidazole rings is 1. The van der Waals surface area contributed by atoms with E-state index >= 15 is 0 Å². The monoisotopic (exact) mass is 313 g/mol. The smallest absolute Gasteiger partial charge is 0.213 e. The lowest BCUT2D eigenvalue weighted by molar-refractivity contribution is 0.396. The van der Waals surface area contributed by atoms with E-state index in [1.54, 1.807) is 13.4 Å². The van der Waals surface area contributed by atoms with Crippen molar-refractivity contribution in [1.82, 2.24) is 15.0 Å². The molecule has 0 saturated heterocycles. The molecular weight excluding hydrogens is 298 g/mol. The molecule has 0 aliphatic carbocycles. The zero-order chi connectivity index (χ0) is 15.4. The average molecular weight is 314 g/mol. The maximum atomic E-state index is 6.14. The fourth-order valence-electron chi connectivity index (χ4n) is 2.48. The molecule has 1 N–H and O–H groups in total. The van der Waals surface area contributed by atoms with E-state index in [1.165, 1.54) is 0 Å². The Hall–Kier alpha value is -2.33. The molecule has 5 heteroatoms. The van der Waals surface area contributed by atoms with E-state index in [0.29, 0.717) is 5.88 Å². The summed E-state index contributed by atoms with van der Waals surface area (Å²) in [6, 6.07) is 13.7. The van der Waals surface area contributed by atoms with Gasteiger partial charge in [-0.05, 0) is 23.8 Å². The van der Waals surface area contributed by atoms with E-state index in [2.05, 4.69) is 21.0 Å². The van der Waals surface area contributed by atoms with Gasteiger partial charge in [0.2, 0.25) is 5.88 Å². The Morgan fingerprint density at radius 1 is 1.23 bits per heavy atom. The number of hydrogen-bond acceptors (Lipinski definition) is 3. The van der Waals surface area contributed by atoms with Gasteiger partial charge in [0.1, 0.15) is 0 Å². The predicted molar refractivity (Wildman–Crippen MR) is 86.4 cm³/mol. The molecule has 4 nitrogen and oxygen atoms in total. The van der Waals surface area contributed by atoms with E-state index in [0.717, 1.165) is 28.4 Å². The predicted octanol–water partition coefficient (Wildman–Crippen LogP) is 3.84. The van der Waals surface area contributed by atoms with Crippen molar-refractivity contribution in [1.29, 1.82) is 0 Å². The SMILES string of the molecule is COc1cccc(C[C@@H](c2cccc(Cl)c2)c2cnc[nH]2)n1. The zero-order valence-electron chi connectivity index (χ0n) is 12.2. The van der Waals surface area contributed by atoms with Gasteiger partial charge < -0.3 is 9.72 Å². The van der Waals surface area contributed by atoms with Crippen molar-refractivity contribution in [2.45, 2.75) is 12.3 Å². The first-order chi connectivity index (χ1) is 10.8. The van der Waals surface area contributed by atoms with Gasteiger partial charge in [0.25, 0.3) is 0 Å². The number of methoxy groups -OCH3 is 1. The summed E-state index contributed by atoms with van der Waals surface area (Å²) in [4.78, 5) is 11.8. The number of H-pyrrole nitrogens is 1. The van der Waals surface area contributed by atoms with Crippen LogP contribution in [0, 0.1) is 0 Å². The first-order valence-electron chi connectivity index (χ1n) is 7.00. The maximum absolute atomic E-state index is 6.14. The number of rotatable bonds is 5. The molecule has 0 radical (unpaired) electrons. The highest BCUT2D eigenvalue weighted by molar-refractivity contribution is 6.30. The van der Waals surface area contributed by atoms with Crippen molar-refractivity contribution in [3.63, 3.8) is 0 Å². The summed E-state index contributed by atoms with van der Waals surface area (Å²) in [6.07, 6.45) is 4.26. The molecule has 22 heavy (non-hydrogen) atoms. The average Bonchev–Trinajstić information content (AvgIpc) is 3.07. The summed E-state index contributed by atoms with van der Waals surface area (Å²) < 4.78 is 5.20. The first kappa shape index (κ1) is 14.6. The lowest BCUT2D eigenvalue weighted by Gasteiger charge is -2.16. The van der Waals surface area contributed by atoms with Crippen LogP contribution >= 0.6 is 11.6 Å². The molecule has 0 aliphatic rings. The van der Waals surface area contributed by atoms with Gasteiger partial charge in [-0.15, -0.1) is 0 Å². The van der Waals surface area contributed by atoms with Crippen LogP contribution in [0.15, 0.2) is 55.0 Å². The Balaban J connectivity index is 1.95. The van der Waals surface area contributed by atoms with Crippen LogP contribution in [0.25, 0.3) is 0 Å². The van der Waals surface area contributed by atoms with E-state index < -0.39 is 0 Å². The topological polar surface area (TPSA) is 50.8 Å². The summed E-state index contributed by atoms with van der Waals surface area (Å²) >= 11 is 6.14. The molecule has 112 valence electrons. The Bertz CT molecular complexity index is 743. The highest BCUT2D eigenvalue weighted by Crippen LogP contribution is 2.28. The summed E-state index contributed by atoms with van der Waals surface area (Å²) in [5.41, 5.74) is 3.12. The molecule has 0 bridgehead atoms. The number of hydrogen-bond donors (Lipinski definition) is 1. The molecule has 0 fully saturated rings. The molecule has 0 amide bonds. The van der Waals surface area contributed by atoms with Crippen molar-refractivity contribution >= 4 is 11.6 Å². The van der Waals surface area contributed by atoms with Gasteiger partial charge >= 0.3 is 0 Å². The van der Waals surface area contributed by atoms with Crippen molar-refractivity contribution in [3.05, 3.63) is 77.0 Å². The molecule has 3 rings (SSSR count). The molecule has 3 aromatic rings. The van der Waals surface area contributed by atoms with Crippen LogP contribution in [0.4, 0.5) is 0 Å². The molecule has 2 heterocycles. The summed E-state index contributed by atoms with van der Waals surface area (Å²) in [5.74, 6) is 0.729. The Kier molecular flexibility index (Phi) is 4.39. The minimum atomic E-state index is 0.112. The lowest BCUT2D eigenvalue weighted by Crippen LogP contribution is -2.07. The molecule has 0 unspecified atom stereocenters. The normalized spacial score (nSPS) is 12.1. The number of aromatic amines is 1. The van der Waals surface area contributed by atoms with Crippen LogP contribution in [0.3, 0.4) is 0 Å². The van der Waals surface area contributed by atoms with Gasteiger partial charge in [-0.2, -0.15) is 0 Å². The van der Waals surface area contributed by atoms with Gasteiger partial charge in [-0.1, -0.05) is 29.8 Å². The highest BCUT2D eigenvalue weighted by Gasteiger charge is 2.17. The van der Waals surface area contributed by atoms with Crippen molar-refractivity contribution in [3.8, 4) is 5.88 Å². The molecule has 1 aromatic carbocycles. The van der Waals surface area contributed by atoms with Gasteiger partial charge in [0.15, 0.2) is 0 Å². The number of pyridine rings is 1. The third-order valence-corrected chi connectivity index (χ3v) is 3.78. The summed E-state index contributed by atoms with van der Waals surface area (Å²) in [6.45, 7) is 0. The van der Waals surface area contributed by atoms with Crippen LogP contribution in [0.1, 0.15) is 22.9 Å². The second-order valence-electron chi connectivity index (χ2n) is 4.99. The fraction of sp³-hybridized carbons (Fsp3) is 0.176. The highest BCUT2D eigenvalue weighted by atomic mass is 35.5. The Morgan fingerprint density at radius 2 is 2.09 bits per heavy atom. The van der Waals surface area contributed by atoms with E-state index in [4.69, 9.17) is 16.3 Å². The lowest BCUT2D eigenvalue weighted by atomic mass is 9.91. The molecule has 1 atom stereocenters. The Morgan fingerprint density at radius 3 is 2.82 bits per heavy atom. The van der Waals surface area contributed by atoms with Crippen molar-refractivity contribution < 1.29 is 4.74 Å². The zero-order valence-corrected chi connectivity index (χ0v) is 12.9. The quantitative estimate of drug-likeness (QED) is 0.778. The summed E-state index contributed by atoms with van der Waals surface area (Å²) in [7, 11) is 1.62. The minimum Gasteiger partial charge on any atom is -0.481 e. The second-order valence-corrected chi connectivity index (χ2v) is 5.43. The number of nitrogens with one attached hydrogen (secondary N) is 1.